The van der Waals surface area contributed by atoms with E-state index < -0.39 is 6.10 Å². The Morgan fingerprint density at radius 2 is 0.434 bits per heavy atom. The van der Waals surface area contributed by atoms with Crippen molar-refractivity contribution in [3.63, 3.8) is 0 Å². The highest BCUT2D eigenvalue weighted by molar-refractivity contribution is 5.71. The number of rotatable bonds is 57. The van der Waals surface area contributed by atoms with Gasteiger partial charge in [0.05, 0.1) is 0 Å². The lowest BCUT2D eigenvalue weighted by Gasteiger charge is -2.18. The van der Waals surface area contributed by atoms with Gasteiger partial charge in [-0.3, -0.25) is 14.4 Å². The van der Waals surface area contributed by atoms with Crippen LogP contribution in [0.15, 0.2) is 194 Å². The molecule has 0 bridgehead atoms. The molecule has 0 aliphatic rings. The SMILES string of the molecule is CC/C=C\C/C=C\C/C=C\C/C=C\C/C=C\C/C=C\C/C=C\C/C=C\C/C=C\CCCCCCCC(=O)OCC(COC(=O)CCCCC/C=C\C/C=C\C/C=C\CC)OC(=O)CCCCCCCC/C=C\C/C=C\C/C=C\C/C=C\CC. The van der Waals surface area contributed by atoms with Gasteiger partial charge in [-0.15, -0.1) is 0 Å². The van der Waals surface area contributed by atoms with Crippen LogP contribution in [0.1, 0.15) is 252 Å². The number of hydrogen-bond acceptors (Lipinski definition) is 6. The smallest absolute Gasteiger partial charge is 0.306 e. The lowest BCUT2D eigenvalue weighted by molar-refractivity contribution is -0.167. The summed E-state index contributed by atoms with van der Waals surface area (Å²) in [4.78, 5) is 38.3. The Morgan fingerprint density at radius 3 is 0.687 bits per heavy atom. The standard InChI is InChI=1S/C77H118O6/c1-4-7-10-13-16-19-22-25-27-29-31-32-33-34-35-36-37-38-39-40-41-42-43-44-46-47-49-52-55-58-61-64-67-70-76(79)82-73-74(72-81-75(78)69-66-63-60-57-54-51-24-21-18-15-12-9-6-3)83-77(80)71-68-65-62-59-56-53-50-48-45-30-28-26-23-20-17-14-11-8-5-2/h7-12,16-21,25-28,31-32,34-35,37-38,40-41,43-45,47-49,51,54,74H,4-6,13-15,22-24,29-30,33,36,39,42,46,50,52-53,55-73H2,1-3H3/b10-7-,11-8-,12-9-,19-16-,20-17-,21-18-,27-25-,28-26-,32-31-,35-34-,38-37-,41-40-,44-43-,48-45-,49-47-,54-51-. The topological polar surface area (TPSA) is 78.9 Å². The van der Waals surface area contributed by atoms with Gasteiger partial charge in [0.15, 0.2) is 6.10 Å². The van der Waals surface area contributed by atoms with Crippen LogP contribution in [0.4, 0.5) is 0 Å². The van der Waals surface area contributed by atoms with Gasteiger partial charge in [-0.05, 0) is 161 Å². The summed E-state index contributed by atoms with van der Waals surface area (Å²) in [5.74, 6) is -0.983. The highest BCUT2D eigenvalue weighted by atomic mass is 16.6. The molecule has 1 atom stereocenters. The van der Waals surface area contributed by atoms with Gasteiger partial charge in [0, 0.05) is 19.3 Å². The van der Waals surface area contributed by atoms with Gasteiger partial charge >= 0.3 is 17.9 Å². The summed E-state index contributed by atoms with van der Waals surface area (Å²) in [6.07, 6.45) is 104. The third-order valence-corrected chi connectivity index (χ3v) is 13.1. The maximum atomic E-state index is 12.9. The molecule has 1 unspecified atom stereocenters. The van der Waals surface area contributed by atoms with Crippen LogP contribution in [0.25, 0.3) is 0 Å². The summed E-state index contributed by atoms with van der Waals surface area (Å²) in [6, 6.07) is 0. The molecule has 0 radical (unpaired) electrons. The Labute approximate surface area is 509 Å². The molecule has 0 aliphatic heterocycles. The van der Waals surface area contributed by atoms with Crippen LogP contribution in [0.3, 0.4) is 0 Å². The molecule has 0 spiro atoms. The Kier molecular flexibility index (Phi) is 64.0. The largest absolute Gasteiger partial charge is 0.462 e. The molecule has 0 saturated heterocycles. The fourth-order valence-electron chi connectivity index (χ4n) is 8.26. The third kappa shape index (κ3) is 66.9. The van der Waals surface area contributed by atoms with E-state index in [2.05, 4.69) is 215 Å². The van der Waals surface area contributed by atoms with Gasteiger partial charge in [-0.25, -0.2) is 0 Å². The lowest BCUT2D eigenvalue weighted by atomic mass is 10.1. The van der Waals surface area contributed by atoms with Crippen molar-refractivity contribution in [3.05, 3.63) is 194 Å². The number of allylic oxidation sites excluding steroid dienone is 32. The second-order valence-corrected chi connectivity index (χ2v) is 20.9. The Hall–Kier alpha value is -5.75. The molecule has 0 aromatic carbocycles. The molecule has 0 fully saturated rings. The first-order valence-electron chi connectivity index (χ1n) is 32.9. The minimum Gasteiger partial charge on any atom is -0.462 e. The van der Waals surface area contributed by atoms with Crippen molar-refractivity contribution in [2.45, 2.75) is 258 Å². The maximum Gasteiger partial charge on any atom is 0.306 e. The highest BCUT2D eigenvalue weighted by Gasteiger charge is 2.19. The average molecular weight is 1140 g/mol. The van der Waals surface area contributed by atoms with E-state index >= 15 is 0 Å². The molecule has 6 nitrogen and oxygen atoms in total. The second-order valence-electron chi connectivity index (χ2n) is 20.9. The minimum atomic E-state index is -0.819. The van der Waals surface area contributed by atoms with E-state index in [1.54, 1.807) is 0 Å². The molecule has 6 heteroatoms. The monoisotopic (exact) mass is 1140 g/mol. The fourth-order valence-corrected chi connectivity index (χ4v) is 8.26. The molecule has 0 aromatic rings. The second kappa shape index (κ2) is 68.7. The Bertz CT molecular complexity index is 1990. The first-order chi connectivity index (χ1) is 41.0. The summed E-state index contributed by atoms with van der Waals surface area (Å²) in [5.41, 5.74) is 0. The van der Waals surface area contributed by atoms with Crippen LogP contribution in [0.2, 0.25) is 0 Å². The zero-order valence-corrected chi connectivity index (χ0v) is 52.9. The highest BCUT2D eigenvalue weighted by Crippen LogP contribution is 2.13. The van der Waals surface area contributed by atoms with Crippen LogP contribution in [-0.4, -0.2) is 37.2 Å². The van der Waals surface area contributed by atoms with Gasteiger partial charge in [0.1, 0.15) is 13.2 Å². The molecule has 0 amide bonds. The minimum absolute atomic E-state index is 0.114. The molecule has 462 valence electrons. The van der Waals surface area contributed by atoms with Gasteiger partial charge < -0.3 is 14.2 Å². The normalized spacial score (nSPS) is 13.4. The maximum absolute atomic E-state index is 12.9. The quantitative estimate of drug-likeness (QED) is 0.0261. The van der Waals surface area contributed by atoms with Gasteiger partial charge in [-0.2, -0.15) is 0 Å². The predicted molar refractivity (Wildman–Crippen MR) is 361 cm³/mol. The molecule has 0 rings (SSSR count). The van der Waals surface area contributed by atoms with E-state index in [9.17, 15) is 14.4 Å². The molecule has 83 heavy (non-hydrogen) atoms. The molecule has 0 heterocycles. The average Bonchev–Trinajstić information content (AvgIpc) is 3.49. The van der Waals surface area contributed by atoms with E-state index in [1.807, 2.05) is 0 Å². The Morgan fingerprint density at radius 1 is 0.241 bits per heavy atom. The number of carbonyl (C=O) groups excluding carboxylic acids is 3. The molecular formula is C77H118O6. The van der Waals surface area contributed by atoms with Gasteiger partial charge in [-0.1, -0.05) is 267 Å². The zero-order chi connectivity index (χ0) is 59.9. The van der Waals surface area contributed by atoms with E-state index in [0.717, 1.165) is 199 Å². The van der Waals surface area contributed by atoms with Crippen molar-refractivity contribution < 1.29 is 28.6 Å². The molecule has 0 aliphatic carbocycles. The van der Waals surface area contributed by atoms with Crippen LogP contribution in [0.5, 0.6) is 0 Å². The fraction of sp³-hybridized carbons (Fsp3) is 0.545. The van der Waals surface area contributed by atoms with Gasteiger partial charge in [0.2, 0.25) is 0 Å². The van der Waals surface area contributed by atoms with Crippen molar-refractivity contribution in [1.82, 2.24) is 0 Å². The van der Waals surface area contributed by atoms with Crippen molar-refractivity contribution in [1.29, 1.82) is 0 Å². The number of ether oxygens (including phenoxy) is 3. The number of hydrogen-bond donors (Lipinski definition) is 0. The summed E-state index contributed by atoms with van der Waals surface area (Å²) < 4.78 is 16.9. The summed E-state index contributed by atoms with van der Waals surface area (Å²) in [7, 11) is 0. The third-order valence-electron chi connectivity index (χ3n) is 13.1. The van der Waals surface area contributed by atoms with E-state index in [4.69, 9.17) is 14.2 Å². The van der Waals surface area contributed by atoms with Crippen LogP contribution in [-0.2, 0) is 28.6 Å². The van der Waals surface area contributed by atoms with Gasteiger partial charge in [0.25, 0.3) is 0 Å². The molecule has 0 saturated carbocycles. The van der Waals surface area contributed by atoms with Crippen LogP contribution < -0.4 is 0 Å². The Balaban J connectivity index is 4.41. The van der Waals surface area contributed by atoms with Crippen molar-refractivity contribution in [2.75, 3.05) is 13.2 Å². The molecule has 0 aromatic heterocycles. The number of unbranched alkanes of at least 4 members (excludes halogenated alkanes) is 14. The van der Waals surface area contributed by atoms with Crippen molar-refractivity contribution in [3.8, 4) is 0 Å². The molecular weight excluding hydrogens is 1020 g/mol. The van der Waals surface area contributed by atoms with Crippen molar-refractivity contribution >= 4 is 17.9 Å². The van der Waals surface area contributed by atoms with E-state index in [1.165, 1.54) is 12.8 Å². The lowest BCUT2D eigenvalue weighted by Crippen LogP contribution is -2.30. The van der Waals surface area contributed by atoms with E-state index in [0.29, 0.717) is 19.3 Å². The van der Waals surface area contributed by atoms with Crippen LogP contribution >= 0.6 is 0 Å². The summed E-state index contributed by atoms with van der Waals surface area (Å²) in [5, 5.41) is 0. The van der Waals surface area contributed by atoms with E-state index in [-0.39, 0.29) is 31.1 Å². The summed E-state index contributed by atoms with van der Waals surface area (Å²) >= 11 is 0. The predicted octanol–water partition coefficient (Wildman–Crippen LogP) is 23.0. The summed E-state index contributed by atoms with van der Waals surface area (Å²) in [6.45, 7) is 6.23. The van der Waals surface area contributed by atoms with Crippen molar-refractivity contribution in [2.24, 2.45) is 0 Å². The zero-order valence-electron chi connectivity index (χ0n) is 52.9. The van der Waals surface area contributed by atoms with Crippen LogP contribution in [0, 0.1) is 0 Å². The number of esters is 3. The number of carbonyl (C=O) groups is 3. The first kappa shape index (κ1) is 77.2. The first-order valence-corrected chi connectivity index (χ1v) is 32.9. The molecule has 0 N–H and O–H groups in total.